The zero-order valence-electron chi connectivity index (χ0n) is 20.3. The molecule has 0 aromatic heterocycles. The molecule has 0 saturated carbocycles. The minimum Gasteiger partial charge on any atom is -0.481 e. The Morgan fingerprint density at radius 2 is 1.56 bits per heavy atom. The molecule has 7 nitrogen and oxygen atoms in total. The van der Waals surface area contributed by atoms with E-state index in [1.165, 1.54) is 0 Å². The molecular formula is C27H34N2O5. The number of aliphatic carboxylic acids is 1. The maximum absolute atomic E-state index is 12.6. The second-order valence-corrected chi connectivity index (χ2v) is 9.98. The molecule has 3 N–H and O–H groups in total. The molecule has 0 saturated heterocycles. The van der Waals surface area contributed by atoms with Gasteiger partial charge >= 0.3 is 12.1 Å². The van der Waals surface area contributed by atoms with Crippen LogP contribution in [-0.4, -0.2) is 42.3 Å². The summed E-state index contributed by atoms with van der Waals surface area (Å²) in [5.41, 5.74) is 4.32. The van der Waals surface area contributed by atoms with Crippen LogP contribution in [0.4, 0.5) is 4.79 Å². The number of nitrogens with one attached hydrogen (secondary N) is 2. The Morgan fingerprint density at radius 3 is 2.06 bits per heavy atom. The van der Waals surface area contributed by atoms with Crippen molar-refractivity contribution in [2.75, 3.05) is 13.2 Å². The molecule has 0 fully saturated rings. The van der Waals surface area contributed by atoms with E-state index < -0.39 is 29.9 Å². The van der Waals surface area contributed by atoms with Gasteiger partial charge in [-0.1, -0.05) is 76.2 Å². The molecule has 2 aromatic rings. The van der Waals surface area contributed by atoms with Crippen LogP contribution < -0.4 is 10.6 Å². The monoisotopic (exact) mass is 466 g/mol. The average Bonchev–Trinajstić information content (AvgIpc) is 3.11. The molecule has 0 bridgehead atoms. The van der Waals surface area contributed by atoms with E-state index in [0.29, 0.717) is 12.8 Å². The second-order valence-electron chi connectivity index (χ2n) is 9.98. The summed E-state index contributed by atoms with van der Waals surface area (Å²) in [6, 6.07) is 15.3. The minimum absolute atomic E-state index is 0.00824. The highest BCUT2D eigenvalue weighted by atomic mass is 16.5. The number of hydrogen-bond donors (Lipinski definition) is 3. The lowest BCUT2D eigenvalue weighted by atomic mass is 9.84. The maximum atomic E-state index is 12.6. The number of carboxylic acid groups (broad SMARTS) is 1. The topological polar surface area (TPSA) is 105 Å². The molecule has 0 spiro atoms. The number of rotatable bonds is 9. The SMILES string of the molecule is CC[C@@H](NC(=O)OCC1c2ccccc2-c2ccccc21)C(=O)NCC(CC(C)(C)C)C(=O)O. The molecule has 7 heteroatoms. The number of carbonyl (C=O) groups excluding carboxylic acids is 2. The third-order valence-corrected chi connectivity index (χ3v) is 6.09. The fourth-order valence-electron chi connectivity index (χ4n) is 4.47. The fourth-order valence-corrected chi connectivity index (χ4v) is 4.47. The van der Waals surface area contributed by atoms with Gasteiger partial charge in [0.05, 0.1) is 5.92 Å². The smallest absolute Gasteiger partial charge is 0.407 e. The predicted octanol–water partition coefficient (Wildman–Crippen LogP) is 4.56. The Morgan fingerprint density at radius 1 is 1.00 bits per heavy atom. The summed E-state index contributed by atoms with van der Waals surface area (Å²) in [6.07, 6.45) is 0.111. The zero-order chi connectivity index (χ0) is 24.9. The highest BCUT2D eigenvalue weighted by molar-refractivity contribution is 5.86. The van der Waals surface area contributed by atoms with Gasteiger partial charge in [0.1, 0.15) is 12.6 Å². The van der Waals surface area contributed by atoms with Crippen molar-refractivity contribution in [1.29, 1.82) is 0 Å². The Balaban J connectivity index is 1.56. The molecule has 1 aliphatic carbocycles. The largest absolute Gasteiger partial charge is 0.481 e. The van der Waals surface area contributed by atoms with E-state index in [1.807, 2.05) is 57.2 Å². The first-order chi connectivity index (χ1) is 16.1. The van der Waals surface area contributed by atoms with Gasteiger partial charge in [-0.25, -0.2) is 4.79 Å². The molecule has 2 aromatic carbocycles. The van der Waals surface area contributed by atoms with Crippen molar-refractivity contribution in [2.24, 2.45) is 11.3 Å². The van der Waals surface area contributed by atoms with Crippen LogP contribution in [0.25, 0.3) is 11.1 Å². The summed E-state index contributed by atoms with van der Waals surface area (Å²) >= 11 is 0. The summed E-state index contributed by atoms with van der Waals surface area (Å²) in [6.45, 7) is 7.81. The number of fused-ring (bicyclic) bond motifs is 3. The maximum Gasteiger partial charge on any atom is 0.407 e. The molecule has 2 amide bonds. The van der Waals surface area contributed by atoms with Crippen LogP contribution in [0.2, 0.25) is 0 Å². The molecule has 34 heavy (non-hydrogen) atoms. The van der Waals surface area contributed by atoms with Crippen LogP contribution in [-0.2, 0) is 14.3 Å². The van der Waals surface area contributed by atoms with Crippen LogP contribution in [0.15, 0.2) is 48.5 Å². The number of alkyl carbamates (subject to hydrolysis) is 1. The Kier molecular flexibility index (Phi) is 7.97. The molecule has 3 rings (SSSR count). The Hall–Kier alpha value is -3.35. The van der Waals surface area contributed by atoms with E-state index in [1.54, 1.807) is 6.92 Å². The van der Waals surface area contributed by atoms with E-state index in [4.69, 9.17) is 4.74 Å². The van der Waals surface area contributed by atoms with Crippen molar-refractivity contribution in [1.82, 2.24) is 10.6 Å². The second kappa shape index (κ2) is 10.7. The quantitative estimate of drug-likeness (QED) is 0.503. The number of carboxylic acids is 1. The molecule has 0 heterocycles. The van der Waals surface area contributed by atoms with Crippen molar-refractivity contribution >= 4 is 18.0 Å². The Bertz CT molecular complexity index is 998. The molecular weight excluding hydrogens is 432 g/mol. The van der Waals surface area contributed by atoms with Crippen molar-refractivity contribution < 1.29 is 24.2 Å². The van der Waals surface area contributed by atoms with Crippen molar-refractivity contribution in [2.45, 2.75) is 52.5 Å². The van der Waals surface area contributed by atoms with Gasteiger partial charge in [0.15, 0.2) is 0 Å². The number of ether oxygens (including phenoxy) is 1. The van der Waals surface area contributed by atoms with Gasteiger partial charge in [0.2, 0.25) is 5.91 Å². The van der Waals surface area contributed by atoms with Gasteiger partial charge in [-0.05, 0) is 40.5 Å². The first-order valence-electron chi connectivity index (χ1n) is 11.7. The lowest BCUT2D eigenvalue weighted by molar-refractivity contribution is -0.142. The summed E-state index contributed by atoms with van der Waals surface area (Å²) < 4.78 is 5.53. The first-order valence-corrected chi connectivity index (χ1v) is 11.7. The number of hydrogen-bond acceptors (Lipinski definition) is 4. The van der Waals surface area contributed by atoms with Gasteiger partial charge in [0, 0.05) is 12.5 Å². The van der Waals surface area contributed by atoms with Crippen LogP contribution in [0.3, 0.4) is 0 Å². The standard InChI is InChI=1S/C27H34N2O5/c1-5-23(24(30)28-15-17(25(31)32)14-27(2,3)4)29-26(33)34-16-22-20-12-8-6-10-18(20)19-11-7-9-13-21(19)22/h6-13,17,22-23H,5,14-16H2,1-4H3,(H,28,30)(H,29,33)(H,31,32)/t17?,23-/m1/s1. The molecule has 182 valence electrons. The van der Waals surface area contributed by atoms with E-state index >= 15 is 0 Å². The molecule has 0 aliphatic heterocycles. The first kappa shape index (κ1) is 25.3. The van der Waals surface area contributed by atoms with Gasteiger partial charge in [-0.3, -0.25) is 9.59 Å². The van der Waals surface area contributed by atoms with Crippen LogP contribution in [0.1, 0.15) is 57.6 Å². The van der Waals surface area contributed by atoms with E-state index in [0.717, 1.165) is 22.3 Å². The summed E-state index contributed by atoms with van der Waals surface area (Å²) in [5, 5.41) is 14.8. The number of benzene rings is 2. The van der Waals surface area contributed by atoms with Gasteiger partial charge in [-0.2, -0.15) is 0 Å². The van der Waals surface area contributed by atoms with Crippen molar-refractivity contribution in [3.63, 3.8) is 0 Å². The third-order valence-electron chi connectivity index (χ3n) is 6.09. The number of amides is 2. The minimum atomic E-state index is -0.951. The summed E-state index contributed by atoms with van der Waals surface area (Å²) in [5.74, 6) is -2.14. The van der Waals surface area contributed by atoms with E-state index in [2.05, 4.69) is 22.8 Å². The van der Waals surface area contributed by atoms with E-state index in [-0.39, 0.29) is 24.5 Å². The molecule has 1 unspecified atom stereocenters. The van der Waals surface area contributed by atoms with Crippen LogP contribution in [0, 0.1) is 11.3 Å². The number of carbonyl (C=O) groups is 3. The lowest BCUT2D eigenvalue weighted by Gasteiger charge is -2.24. The highest BCUT2D eigenvalue weighted by Crippen LogP contribution is 2.44. The van der Waals surface area contributed by atoms with Gasteiger partial charge in [-0.15, -0.1) is 0 Å². The third kappa shape index (κ3) is 6.16. The van der Waals surface area contributed by atoms with Crippen molar-refractivity contribution in [3.05, 3.63) is 59.7 Å². The normalized spacial score (nSPS) is 14.5. The van der Waals surface area contributed by atoms with E-state index in [9.17, 15) is 19.5 Å². The molecule has 0 radical (unpaired) electrons. The summed E-state index contributed by atoms with van der Waals surface area (Å²) in [7, 11) is 0. The predicted molar refractivity (Wildman–Crippen MR) is 130 cm³/mol. The van der Waals surface area contributed by atoms with Crippen LogP contribution in [0.5, 0.6) is 0 Å². The zero-order valence-corrected chi connectivity index (χ0v) is 20.3. The summed E-state index contributed by atoms with van der Waals surface area (Å²) in [4.78, 5) is 36.7. The molecule has 2 atom stereocenters. The van der Waals surface area contributed by atoms with Crippen molar-refractivity contribution in [3.8, 4) is 11.1 Å². The van der Waals surface area contributed by atoms with Gasteiger partial charge in [0.25, 0.3) is 0 Å². The van der Waals surface area contributed by atoms with Crippen LogP contribution >= 0.6 is 0 Å². The Labute approximate surface area is 200 Å². The van der Waals surface area contributed by atoms with Gasteiger partial charge < -0.3 is 20.5 Å². The average molecular weight is 467 g/mol. The lowest BCUT2D eigenvalue weighted by Crippen LogP contribution is -2.48. The highest BCUT2D eigenvalue weighted by Gasteiger charge is 2.30. The fraction of sp³-hybridized carbons (Fsp3) is 0.444. The molecule has 1 aliphatic rings.